The van der Waals surface area contributed by atoms with Crippen molar-refractivity contribution in [1.29, 1.82) is 0 Å². The Kier molecular flexibility index (Phi) is 7.87. The number of para-hydroxylation sites is 2. The monoisotopic (exact) mass is 538 g/mol. The van der Waals surface area contributed by atoms with E-state index in [0.29, 0.717) is 17.2 Å². The van der Waals surface area contributed by atoms with Gasteiger partial charge in [-0.1, -0.05) is 26.0 Å². The minimum absolute atomic E-state index is 0.0950. The first-order chi connectivity index (χ1) is 18.1. The molecule has 0 fully saturated rings. The number of nitrogens with one attached hydrogen (secondary N) is 1. The second kappa shape index (κ2) is 10.9. The summed E-state index contributed by atoms with van der Waals surface area (Å²) in [5.41, 5.74) is 3.38. The predicted molar refractivity (Wildman–Crippen MR) is 147 cm³/mol. The van der Waals surface area contributed by atoms with Crippen molar-refractivity contribution in [3.8, 4) is 17.2 Å². The summed E-state index contributed by atoms with van der Waals surface area (Å²) in [5, 5.41) is 3.03. The Morgan fingerprint density at radius 3 is 2.32 bits per heavy atom. The van der Waals surface area contributed by atoms with Gasteiger partial charge < -0.3 is 19.5 Å². The zero-order chi connectivity index (χ0) is 27.6. The maximum absolute atomic E-state index is 13.7. The van der Waals surface area contributed by atoms with Crippen LogP contribution in [0.4, 0.5) is 5.69 Å². The fraction of sp³-hybridized carbons (Fsp3) is 0.345. The molecule has 3 aromatic carbocycles. The number of anilines is 1. The highest BCUT2D eigenvalue weighted by atomic mass is 32.2. The number of rotatable bonds is 8. The first kappa shape index (κ1) is 27.3. The number of ether oxygens (including phenoxy) is 3. The van der Waals surface area contributed by atoms with Crippen molar-refractivity contribution >= 4 is 21.6 Å². The van der Waals surface area contributed by atoms with Crippen LogP contribution in [-0.4, -0.2) is 41.2 Å². The molecule has 8 nitrogen and oxygen atoms in total. The fourth-order valence-electron chi connectivity index (χ4n) is 4.64. The number of carbonyl (C=O) groups excluding carboxylic acids is 1. The summed E-state index contributed by atoms with van der Waals surface area (Å²) in [7, 11) is -0.808. The Morgan fingerprint density at radius 2 is 1.68 bits per heavy atom. The van der Waals surface area contributed by atoms with Crippen molar-refractivity contribution in [3.05, 3.63) is 77.4 Å². The highest BCUT2D eigenvalue weighted by Crippen LogP contribution is 2.37. The molecule has 1 amide bonds. The molecule has 4 rings (SSSR count). The Hall–Kier alpha value is -3.72. The number of benzene rings is 3. The van der Waals surface area contributed by atoms with Gasteiger partial charge in [0.15, 0.2) is 6.10 Å². The quantitative estimate of drug-likeness (QED) is 0.435. The SMILES string of the molecule is COc1ccc(S(=O)(=O)N2C[C@@H](C(=O)N[C@@H](C)c3cc(C(C)C)c(OC)cc3C)Oc3ccccc32)cc1. The van der Waals surface area contributed by atoms with Gasteiger partial charge in [-0.05, 0) is 85.0 Å². The molecule has 202 valence electrons. The average molecular weight is 539 g/mol. The molecular weight excluding hydrogens is 504 g/mol. The molecule has 3 aromatic rings. The van der Waals surface area contributed by atoms with E-state index in [1.807, 2.05) is 19.9 Å². The third kappa shape index (κ3) is 5.29. The fourth-order valence-corrected chi connectivity index (χ4v) is 6.11. The topological polar surface area (TPSA) is 94.2 Å². The summed E-state index contributed by atoms with van der Waals surface area (Å²) >= 11 is 0. The maximum atomic E-state index is 13.7. The number of aryl methyl sites for hydroxylation is 1. The Bertz CT molecular complexity index is 1420. The number of fused-ring (bicyclic) bond motifs is 1. The van der Waals surface area contributed by atoms with E-state index >= 15 is 0 Å². The summed E-state index contributed by atoms with van der Waals surface area (Å²) < 4.78 is 45.2. The van der Waals surface area contributed by atoms with Crippen molar-refractivity contribution in [1.82, 2.24) is 5.32 Å². The first-order valence-corrected chi connectivity index (χ1v) is 13.9. The van der Waals surface area contributed by atoms with Gasteiger partial charge in [0.25, 0.3) is 15.9 Å². The van der Waals surface area contributed by atoms with E-state index in [-0.39, 0.29) is 23.4 Å². The van der Waals surface area contributed by atoms with Crippen LogP contribution in [0.1, 0.15) is 49.4 Å². The average Bonchev–Trinajstić information content (AvgIpc) is 2.91. The second-order valence-corrected chi connectivity index (χ2v) is 11.5. The summed E-state index contributed by atoms with van der Waals surface area (Å²) in [6, 6.07) is 16.7. The lowest BCUT2D eigenvalue weighted by molar-refractivity contribution is -0.128. The molecule has 0 spiro atoms. The van der Waals surface area contributed by atoms with Crippen molar-refractivity contribution in [2.24, 2.45) is 0 Å². The van der Waals surface area contributed by atoms with Gasteiger partial charge in [0.1, 0.15) is 17.2 Å². The van der Waals surface area contributed by atoms with Crippen LogP contribution >= 0.6 is 0 Å². The van der Waals surface area contributed by atoms with E-state index in [1.165, 1.54) is 23.5 Å². The van der Waals surface area contributed by atoms with Gasteiger partial charge in [-0.2, -0.15) is 0 Å². The Labute approximate surface area is 224 Å². The van der Waals surface area contributed by atoms with Gasteiger partial charge in [-0.3, -0.25) is 9.10 Å². The molecular formula is C29H34N2O6S. The molecule has 0 radical (unpaired) electrons. The standard InChI is InChI=1S/C29H34N2O6S/c1-18(2)23-16-24(19(3)15-27(23)36-6)20(4)30-29(32)28-17-31(25-9-7-8-10-26(25)37-28)38(33,34)22-13-11-21(35-5)12-14-22/h7-16,18,20,28H,17H2,1-6H3,(H,30,32)/t20-,28-/m0/s1. The molecule has 0 aliphatic carbocycles. The first-order valence-electron chi connectivity index (χ1n) is 12.5. The lowest BCUT2D eigenvalue weighted by Crippen LogP contribution is -2.51. The number of hydrogen-bond donors (Lipinski definition) is 1. The molecule has 1 heterocycles. The second-order valence-electron chi connectivity index (χ2n) is 9.62. The van der Waals surface area contributed by atoms with Gasteiger partial charge in [0.2, 0.25) is 0 Å². The van der Waals surface area contributed by atoms with E-state index in [0.717, 1.165) is 22.4 Å². The number of methoxy groups -OCH3 is 2. The third-order valence-electron chi connectivity index (χ3n) is 6.74. The van der Waals surface area contributed by atoms with Gasteiger partial charge >= 0.3 is 0 Å². The molecule has 9 heteroatoms. The van der Waals surface area contributed by atoms with Crippen molar-refractivity contribution in [2.45, 2.75) is 50.7 Å². The smallest absolute Gasteiger partial charge is 0.264 e. The van der Waals surface area contributed by atoms with Crippen molar-refractivity contribution in [3.63, 3.8) is 0 Å². The summed E-state index contributed by atoms with van der Waals surface area (Å²) in [6.45, 7) is 7.89. The van der Waals surface area contributed by atoms with Crippen molar-refractivity contribution in [2.75, 3.05) is 25.1 Å². The number of nitrogens with zero attached hydrogens (tertiary/aromatic N) is 1. The molecule has 1 N–H and O–H groups in total. The Morgan fingerprint density at radius 1 is 1.00 bits per heavy atom. The lowest BCUT2D eigenvalue weighted by atomic mass is 9.93. The van der Waals surface area contributed by atoms with E-state index in [9.17, 15) is 13.2 Å². The molecule has 2 atom stereocenters. The van der Waals surface area contributed by atoms with Crippen LogP contribution in [0.5, 0.6) is 17.2 Å². The highest BCUT2D eigenvalue weighted by Gasteiger charge is 2.38. The van der Waals surface area contributed by atoms with E-state index < -0.39 is 22.0 Å². The molecule has 0 bridgehead atoms. The molecule has 1 aliphatic heterocycles. The number of amides is 1. The van der Waals surface area contributed by atoms with Crippen LogP contribution in [0.25, 0.3) is 0 Å². The minimum atomic E-state index is -3.97. The number of hydrogen-bond acceptors (Lipinski definition) is 6. The van der Waals surface area contributed by atoms with Crippen LogP contribution in [0.2, 0.25) is 0 Å². The summed E-state index contributed by atoms with van der Waals surface area (Å²) in [6.07, 6.45) is -1.04. The largest absolute Gasteiger partial charge is 0.497 e. The van der Waals surface area contributed by atoms with Crippen LogP contribution in [-0.2, 0) is 14.8 Å². The van der Waals surface area contributed by atoms with E-state index in [4.69, 9.17) is 14.2 Å². The van der Waals surface area contributed by atoms with E-state index in [2.05, 4.69) is 25.2 Å². The predicted octanol–water partition coefficient (Wildman–Crippen LogP) is 4.97. The molecule has 0 aromatic heterocycles. The molecule has 38 heavy (non-hydrogen) atoms. The molecule has 0 saturated heterocycles. The number of carbonyl (C=O) groups is 1. The van der Waals surface area contributed by atoms with Crippen LogP contribution in [0.15, 0.2) is 65.6 Å². The molecule has 1 aliphatic rings. The van der Waals surface area contributed by atoms with Gasteiger partial charge in [-0.15, -0.1) is 0 Å². The minimum Gasteiger partial charge on any atom is -0.497 e. The number of sulfonamides is 1. The van der Waals surface area contributed by atoms with Crippen LogP contribution < -0.4 is 23.8 Å². The van der Waals surface area contributed by atoms with Crippen molar-refractivity contribution < 1.29 is 27.4 Å². The third-order valence-corrected chi connectivity index (χ3v) is 8.53. The zero-order valence-corrected chi connectivity index (χ0v) is 23.3. The molecule has 0 unspecified atom stereocenters. The van der Waals surface area contributed by atoms with E-state index in [1.54, 1.807) is 43.5 Å². The van der Waals surface area contributed by atoms with Crippen LogP contribution in [0, 0.1) is 6.92 Å². The normalized spacial score (nSPS) is 15.9. The molecule has 0 saturated carbocycles. The zero-order valence-electron chi connectivity index (χ0n) is 22.5. The van der Waals surface area contributed by atoms with Crippen LogP contribution in [0.3, 0.4) is 0 Å². The maximum Gasteiger partial charge on any atom is 0.264 e. The lowest BCUT2D eigenvalue weighted by Gasteiger charge is -2.35. The van der Waals surface area contributed by atoms with Gasteiger partial charge in [0.05, 0.1) is 37.4 Å². The summed E-state index contributed by atoms with van der Waals surface area (Å²) in [5.74, 6) is 1.52. The highest BCUT2D eigenvalue weighted by molar-refractivity contribution is 7.92. The Balaban J connectivity index is 1.61. The summed E-state index contributed by atoms with van der Waals surface area (Å²) in [4.78, 5) is 13.5. The van der Waals surface area contributed by atoms with Gasteiger partial charge in [0, 0.05) is 0 Å². The van der Waals surface area contributed by atoms with Gasteiger partial charge in [-0.25, -0.2) is 8.42 Å².